The topological polar surface area (TPSA) is 76.3 Å². The van der Waals surface area contributed by atoms with Crippen molar-refractivity contribution in [3.8, 4) is 5.69 Å². The Bertz CT molecular complexity index is 1510. The molecular formula is C26H31FN6O2S. The molecule has 190 valence electrons. The first-order valence-electron chi connectivity index (χ1n) is 12.2. The van der Waals surface area contributed by atoms with Crippen LogP contribution in [-0.4, -0.2) is 58.0 Å². The lowest BCUT2D eigenvalue weighted by Crippen LogP contribution is -2.54. The molecule has 4 aromatic rings. The summed E-state index contributed by atoms with van der Waals surface area (Å²) in [6.45, 7) is 10.1. The van der Waals surface area contributed by atoms with E-state index in [-0.39, 0.29) is 11.9 Å². The van der Waals surface area contributed by atoms with Crippen LogP contribution in [0.2, 0.25) is 0 Å². The molecule has 2 aromatic heterocycles. The van der Waals surface area contributed by atoms with Crippen molar-refractivity contribution in [1.82, 2.24) is 23.9 Å². The Kier molecular flexibility index (Phi) is 6.34. The number of sulfonamides is 1. The molecule has 0 saturated carbocycles. The van der Waals surface area contributed by atoms with Gasteiger partial charge in [0.2, 0.25) is 10.0 Å². The number of piperazine rings is 1. The maximum atomic E-state index is 13.5. The highest BCUT2D eigenvalue weighted by Crippen LogP contribution is 2.32. The van der Waals surface area contributed by atoms with Gasteiger partial charge >= 0.3 is 0 Å². The maximum Gasteiger partial charge on any atom is 0.246 e. The number of rotatable bonds is 6. The summed E-state index contributed by atoms with van der Waals surface area (Å²) in [6, 6.07) is 10.2. The zero-order valence-corrected chi connectivity index (χ0v) is 21.8. The first-order chi connectivity index (χ1) is 17.2. The van der Waals surface area contributed by atoms with Crippen molar-refractivity contribution >= 4 is 26.6 Å². The van der Waals surface area contributed by atoms with Crippen molar-refractivity contribution in [2.45, 2.75) is 51.6 Å². The zero-order chi connectivity index (χ0) is 25.6. The van der Waals surface area contributed by atoms with Gasteiger partial charge in [0.15, 0.2) is 0 Å². The Hall–Kier alpha value is -3.24. The number of aromatic nitrogens is 4. The van der Waals surface area contributed by atoms with Crippen LogP contribution in [0.4, 0.5) is 10.1 Å². The van der Waals surface area contributed by atoms with Gasteiger partial charge in [0.1, 0.15) is 10.7 Å². The van der Waals surface area contributed by atoms with E-state index in [4.69, 9.17) is 0 Å². The normalized spacial score (nSPS) is 17.2. The second-order valence-corrected chi connectivity index (χ2v) is 11.3. The molecule has 8 nitrogen and oxygen atoms in total. The van der Waals surface area contributed by atoms with E-state index in [1.165, 1.54) is 18.3 Å². The summed E-state index contributed by atoms with van der Waals surface area (Å²) >= 11 is 0. The smallest absolute Gasteiger partial charge is 0.246 e. The molecule has 1 atom stereocenters. The second kappa shape index (κ2) is 9.33. The number of nitrogens with zero attached hydrogens (tertiary/aromatic N) is 6. The molecule has 0 aliphatic carbocycles. The highest BCUT2D eigenvalue weighted by atomic mass is 32.2. The monoisotopic (exact) mass is 510 g/mol. The highest BCUT2D eigenvalue weighted by molar-refractivity contribution is 7.89. The summed E-state index contributed by atoms with van der Waals surface area (Å²) in [5.74, 6) is -0.283. The minimum Gasteiger partial charge on any atom is -0.368 e. The Balaban J connectivity index is 1.39. The van der Waals surface area contributed by atoms with E-state index in [9.17, 15) is 12.8 Å². The Morgan fingerprint density at radius 3 is 2.47 bits per heavy atom. The number of fused-ring (bicyclic) bond motifs is 1. The summed E-state index contributed by atoms with van der Waals surface area (Å²) < 4.78 is 45.5. The lowest BCUT2D eigenvalue weighted by atomic mass is 10.1. The fourth-order valence-electron chi connectivity index (χ4n) is 5.12. The van der Waals surface area contributed by atoms with Gasteiger partial charge in [0, 0.05) is 43.3 Å². The minimum atomic E-state index is -3.64. The summed E-state index contributed by atoms with van der Waals surface area (Å²) in [5.41, 5.74) is 4.57. The van der Waals surface area contributed by atoms with Crippen LogP contribution in [0.15, 0.2) is 53.7 Å². The predicted octanol–water partition coefficient (Wildman–Crippen LogP) is 4.29. The fourth-order valence-corrected chi connectivity index (χ4v) is 6.90. The molecule has 1 aliphatic rings. The molecule has 1 saturated heterocycles. The molecule has 0 bridgehead atoms. The average Bonchev–Trinajstić information content (AvgIpc) is 3.44. The standard InChI is InChI=1S/C26H31FN6O2S/c1-5-12-31-20(4)26(16-28-31)36(34,35)32-14-13-30(17-18(32)2)24-10-11-25-23(19(24)3)15-29-33(25)22-8-6-21(27)7-9-22/h6-11,15-16,18H,5,12-14,17H2,1-4H3/t18-/m1/s1. The van der Waals surface area contributed by atoms with Gasteiger partial charge < -0.3 is 4.90 Å². The number of aryl methyl sites for hydroxylation is 2. The van der Waals surface area contributed by atoms with E-state index in [0.717, 1.165) is 34.3 Å². The molecule has 0 spiro atoms. The average molecular weight is 511 g/mol. The van der Waals surface area contributed by atoms with Crippen LogP contribution in [0.5, 0.6) is 0 Å². The van der Waals surface area contributed by atoms with Crippen LogP contribution in [0.1, 0.15) is 31.5 Å². The van der Waals surface area contributed by atoms with E-state index in [1.54, 1.807) is 25.8 Å². The summed E-state index contributed by atoms with van der Waals surface area (Å²) in [6.07, 6.45) is 4.21. The van der Waals surface area contributed by atoms with Crippen molar-refractivity contribution in [3.63, 3.8) is 0 Å². The van der Waals surface area contributed by atoms with Gasteiger partial charge in [-0.05, 0) is 69.2 Å². The third-order valence-corrected chi connectivity index (χ3v) is 9.17. The number of benzene rings is 2. The molecule has 1 aliphatic heterocycles. The Labute approximate surface area is 211 Å². The predicted molar refractivity (Wildman–Crippen MR) is 139 cm³/mol. The molecule has 2 aromatic carbocycles. The van der Waals surface area contributed by atoms with E-state index >= 15 is 0 Å². The SMILES string of the molecule is CCCn1ncc(S(=O)(=O)N2CCN(c3ccc4c(cnn4-c4ccc(F)cc4)c3C)C[C@H]2C)c1C. The molecule has 1 fully saturated rings. The van der Waals surface area contributed by atoms with Crippen LogP contribution < -0.4 is 4.90 Å². The Morgan fingerprint density at radius 2 is 1.78 bits per heavy atom. The van der Waals surface area contributed by atoms with Crippen molar-refractivity contribution in [2.75, 3.05) is 24.5 Å². The van der Waals surface area contributed by atoms with Gasteiger partial charge in [-0.3, -0.25) is 4.68 Å². The van der Waals surface area contributed by atoms with Gasteiger partial charge in [-0.25, -0.2) is 17.5 Å². The molecule has 5 rings (SSSR count). The summed E-state index contributed by atoms with van der Waals surface area (Å²) in [5, 5.41) is 9.85. The fraction of sp³-hybridized carbons (Fsp3) is 0.385. The zero-order valence-electron chi connectivity index (χ0n) is 21.0. The molecule has 3 heterocycles. The lowest BCUT2D eigenvalue weighted by molar-refractivity contribution is 0.306. The van der Waals surface area contributed by atoms with Crippen molar-refractivity contribution < 1.29 is 12.8 Å². The maximum absolute atomic E-state index is 13.5. The van der Waals surface area contributed by atoms with Gasteiger partial charge in [0.05, 0.1) is 29.3 Å². The molecule has 0 unspecified atom stereocenters. The van der Waals surface area contributed by atoms with Crippen LogP contribution in [0.25, 0.3) is 16.6 Å². The van der Waals surface area contributed by atoms with E-state index in [2.05, 4.69) is 28.1 Å². The Morgan fingerprint density at radius 1 is 1.03 bits per heavy atom. The van der Waals surface area contributed by atoms with Gasteiger partial charge in [-0.2, -0.15) is 14.5 Å². The number of halogens is 1. The number of anilines is 1. The van der Waals surface area contributed by atoms with Crippen LogP contribution >= 0.6 is 0 Å². The quantitative estimate of drug-likeness (QED) is 0.387. The van der Waals surface area contributed by atoms with Crippen LogP contribution in [0, 0.1) is 19.7 Å². The van der Waals surface area contributed by atoms with E-state index in [1.807, 2.05) is 33.0 Å². The van der Waals surface area contributed by atoms with Crippen molar-refractivity contribution in [2.24, 2.45) is 0 Å². The lowest BCUT2D eigenvalue weighted by Gasteiger charge is -2.40. The second-order valence-electron chi connectivity index (χ2n) is 9.40. The number of hydrogen-bond acceptors (Lipinski definition) is 5. The number of hydrogen-bond donors (Lipinski definition) is 0. The molecule has 10 heteroatoms. The molecule has 0 N–H and O–H groups in total. The van der Waals surface area contributed by atoms with Gasteiger partial charge in [0.25, 0.3) is 0 Å². The third kappa shape index (κ3) is 4.08. The van der Waals surface area contributed by atoms with Gasteiger partial charge in [-0.1, -0.05) is 6.92 Å². The minimum absolute atomic E-state index is 0.199. The van der Waals surface area contributed by atoms with Gasteiger partial charge in [-0.15, -0.1) is 0 Å². The highest BCUT2D eigenvalue weighted by Gasteiger charge is 2.36. The third-order valence-electron chi connectivity index (χ3n) is 7.05. The van der Waals surface area contributed by atoms with E-state index < -0.39 is 10.0 Å². The largest absolute Gasteiger partial charge is 0.368 e. The molecule has 36 heavy (non-hydrogen) atoms. The first-order valence-corrected chi connectivity index (χ1v) is 13.7. The molecular weight excluding hydrogens is 479 g/mol. The first kappa shape index (κ1) is 24.5. The van der Waals surface area contributed by atoms with Crippen molar-refractivity contribution in [3.05, 3.63) is 65.9 Å². The molecule has 0 radical (unpaired) electrons. The summed E-state index contributed by atoms with van der Waals surface area (Å²) in [7, 11) is -3.64. The molecule has 0 amide bonds. The van der Waals surface area contributed by atoms with E-state index in [0.29, 0.717) is 36.8 Å². The van der Waals surface area contributed by atoms with Crippen LogP contribution in [-0.2, 0) is 16.6 Å². The summed E-state index contributed by atoms with van der Waals surface area (Å²) in [4.78, 5) is 2.54. The van der Waals surface area contributed by atoms with Crippen LogP contribution in [0.3, 0.4) is 0 Å². The van der Waals surface area contributed by atoms with Crippen molar-refractivity contribution in [1.29, 1.82) is 0 Å².